The molecule has 1 aromatic carbocycles. The van der Waals surface area contributed by atoms with Crippen LogP contribution in [0, 0.1) is 0 Å². The lowest BCUT2D eigenvalue weighted by Crippen LogP contribution is -2.20. The molecule has 1 aromatic heterocycles. The van der Waals surface area contributed by atoms with Crippen LogP contribution in [-0.2, 0) is 13.0 Å². The summed E-state index contributed by atoms with van der Waals surface area (Å²) in [6, 6.07) is 6.21. The second-order valence-corrected chi connectivity index (χ2v) is 4.17. The van der Waals surface area contributed by atoms with Gasteiger partial charge >= 0.3 is 0 Å². The maximum absolute atomic E-state index is 5.39. The number of hydrogen-bond donors (Lipinski definition) is 1. The quantitative estimate of drug-likeness (QED) is 0.875. The lowest BCUT2D eigenvalue weighted by Gasteiger charge is -2.18. The monoisotopic (exact) mass is 229 g/mol. The molecule has 0 atom stereocenters. The van der Waals surface area contributed by atoms with Gasteiger partial charge in [-0.2, -0.15) is 0 Å². The van der Waals surface area contributed by atoms with Gasteiger partial charge in [0, 0.05) is 30.2 Å². The Hall–Kier alpha value is -1.97. The van der Waals surface area contributed by atoms with Crippen LogP contribution in [0.2, 0.25) is 0 Å². The summed E-state index contributed by atoms with van der Waals surface area (Å²) in [6.07, 6.45) is 4.69. The van der Waals surface area contributed by atoms with Gasteiger partial charge in [0.25, 0.3) is 0 Å². The molecule has 0 aliphatic carbocycles. The SMILES string of the molecule is COc1cccc2c1CCN2Cc1ncc[nH]1. The Bertz CT molecular complexity index is 507. The first-order valence-electron chi connectivity index (χ1n) is 5.77. The van der Waals surface area contributed by atoms with Gasteiger partial charge in [-0.05, 0) is 18.6 Å². The number of hydrogen-bond acceptors (Lipinski definition) is 3. The number of ether oxygens (including phenoxy) is 1. The largest absolute Gasteiger partial charge is 0.496 e. The number of aromatic nitrogens is 2. The van der Waals surface area contributed by atoms with Gasteiger partial charge in [-0.15, -0.1) is 0 Å². The van der Waals surface area contributed by atoms with E-state index in [1.54, 1.807) is 13.3 Å². The molecule has 0 fully saturated rings. The minimum absolute atomic E-state index is 0.827. The summed E-state index contributed by atoms with van der Waals surface area (Å²) in [6.45, 7) is 1.85. The van der Waals surface area contributed by atoms with Crippen molar-refractivity contribution in [2.24, 2.45) is 0 Å². The first-order valence-corrected chi connectivity index (χ1v) is 5.77. The molecule has 0 amide bonds. The summed E-state index contributed by atoms with van der Waals surface area (Å²) in [7, 11) is 1.73. The molecule has 1 aliphatic rings. The molecular weight excluding hydrogens is 214 g/mol. The summed E-state index contributed by atoms with van der Waals surface area (Å²) in [5.74, 6) is 1.99. The first-order chi connectivity index (χ1) is 8.38. The lowest BCUT2D eigenvalue weighted by atomic mass is 10.1. The second kappa shape index (κ2) is 4.13. The average Bonchev–Trinajstić information content (AvgIpc) is 2.99. The molecule has 88 valence electrons. The Morgan fingerprint density at radius 3 is 3.18 bits per heavy atom. The van der Waals surface area contributed by atoms with E-state index in [0.29, 0.717) is 0 Å². The molecule has 1 N–H and O–H groups in total. The smallest absolute Gasteiger partial charge is 0.125 e. The molecule has 2 heterocycles. The number of fused-ring (bicyclic) bond motifs is 1. The van der Waals surface area contributed by atoms with Crippen LogP contribution in [0.4, 0.5) is 5.69 Å². The Morgan fingerprint density at radius 2 is 2.41 bits per heavy atom. The zero-order chi connectivity index (χ0) is 11.7. The molecule has 1 aliphatic heterocycles. The summed E-state index contributed by atoms with van der Waals surface area (Å²) in [5.41, 5.74) is 2.57. The predicted molar refractivity (Wildman–Crippen MR) is 66.3 cm³/mol. The van der Waals surface area contributed by atoms with E-state index in [2.05, 4.69) is 20.9 Å². The van der Waals surface area contributed by atoms with E-state index in [4.69, 9.17) is 4.74 Å². The summed E-state index contributed by atoms with van der Waals surface area (Å²) in [4.78, 5) is 9.74. The van der Waals surface area contributed by atoms with E-state index in [9.17, 15) is 0 Å². The van der Waals surface area contributed by atoms with Crippen molar-refractivity contribution in [2.45, 2.75) is 13.0 Å². The van der Waals surface area contributed by atoms with Crippen molar-refractivity contribution in [1.82, 2.24) is 9.97 Å². The van der Waals surface area contributed by atoms with Gasteiger partial charge in [-0.3, -0.25) is 0 Å². The number of aromatic amines is 1. The Morgan fingerprint density at radius 1 is 1.47 bits per heavy atom. The van der Waals surface area contributed by atoms with E-state index in [-0.39, 0.29) is 0 Å². The summed E-state index contributed by atoms with van der Waals surface area (Å²) < 4.78 is 5.39. The molecule has 0 spiro atoms. The van der Waals surface area contributed by atoms with Crippen LogP contribution in [0.1, 0.15) is 11.4 Å². The highest BCUT2D eigenvalue weighted by molar-refractivity contribution is 5.63. The topological polar surface area (TPSA) is 41.1 Å². The maximum Gasteiger partial charge on any atom is 0.125 e. The molecule has 4 heteroatoms. The zero-order valence-electron chi connectivity index (χ0n) is 9.81. The molecule has 0 radical (unpaired) electrons. The minimum Gasteiger partial charge on any atom is -0.496 e. The molecule has 17 heavy (non-hydrogen) atoms. The normalized spacial score (nSPS) is 13.8. The Labute approximate surface area is 100 Å². The number of nitrogens with one attached hydrogen (secondary N) is 1. The average molecular weight is 229 g/mol. The minimum atomic E-state index is 0.827. The third-order valence-corrected chi connectivity index (χ3v) is 3.20. The molecule has 4 nitrogen and oxygen atoms in total. The van der Waals surface area contributed by atoms with Crippen molar-refractivity contribution in [2.75, 3.05) is 18.6 Å². The lowest BCUT2D eigenvalue weighted by molar-refractivity contribution is 0.411. The number of methoxy groups -OCH3 is 1. The number of nitrogens with zero attached hydrogens (tertiary/aromatic N) is 2. The van der Waals surface area contributed by atoms with Crippen LogP contribution in [0.25, 0.3) is 0 Å². The zero-order valence-corrected chi connectivity index (χ0v) is 9.81. The van der Waals surface area contributed by atoms with Crippen LogP contribution < -0.4 is 9.64 Å². The number of H-pyrrole nitrogens is 1. The number of anilines is 1. The fourth-order valence-electron chi connectivity index (χ4n) is 2.39. The molecule has 3 rings (SSSR count). The van der Waals surface area contributed by atoms with E-state index in [0.717, 1.165) is 31.1 Å². The van der Waals surface area contributed by atoms with Gasteiger partial charge in [-0.1, -0.05) is 6.07 Å². The van der Waals surface area contributed by atoms with E-state index in [1.165, 1.54) is 11.3 Å². The van der Waals surface area contributed by atoms with Crippen molar-refractivity contribution in [3.63, 3.8) is 0 Å². The van der Waals surface area contributed by atoms with Crippen molar-refractivity contribution >= 4 is 5.69 Å². The van der Waals surface area contributed by atoms with Gasteiger partial charge in [0.1, 0.15) is 11.6 Å². The van der Waals surface area contributed by atoms with Crippen LogP contribution in [-0.4, -0.2) is 23.6 Å². The highest BCUT2D eigenvalue weighted by Gasteiger charge is 2.22. The van der Waals surface area contributed by atoms with Crippen LogP contribution in [0.5, 0.6) is 5.75 Å². The van der Waals surface area contributed by atoms with Gasteiger partial charge in [0.05, 0.1) is 13.7 Å². The van der Waals surface area contributed by atoms with Crippen molar-refractivity contribution in [3.8, 4) is 5.75 Å². The van der Waals surface area contributed by atoms with Crippen LogP contribution in [0.3, 0.4) is 0 Å². The number of imidazole rings is 1. The van der Waals surface area contributed by atoms with Gasteiger partial charge in [0.15, 0.2) is 0 Å². The van der Waals surface area contributed by atoms with Gasteiger partial charge in [0.2, 0.25) is 0 Å². The Balaban J connectivity index is 1.88. The number of rotatable bonds is 3. The standard InChI is InChI=1S/C13H15N3O/c1-17-12-4-2-3-11-10(12)5-8-16(11)9-13-14-6-7-15-13/h2-4,6-7H,5,8-9H2,1H3,(H,14,15). The highest BCUT2D eigenvalue weighted by atomic mass is 16.5. The predicted octanol–water partition coefficient (Wildman–Crippen LogP) is 1.98. The van der Waals surface area contributed by atoms with Crippen molar-refractivity contribution < 1.29 is 4.74 Å². The third kappa shape index (κ3) is 1.75. The molecule has 0 bridgehead atoms. The third-order valence-electron chi connectivity index (χ3n) is 3.20. The Kier molecular flexibility index (Phi) is 2.48. The number of benzene rings is 1. The molecular formula is C13H15N3O. The van der Waals surface area contributed by atoms with Crippen LogP contribution in [0.15, 0.2) is 30.6 Å². The van der Waals surface area contributed by atoms with E-state index < -0.39 is 0 Å². The fourth-order valence-corrected chi connectivity index (χ4v) is 2.39. The second-order valence-electron chi connectivity index (χ2n) is 4.17. The molecule has 0 saturated carbocycles. The molecule has 0 unspecified atom stereocenters. The maximum atomic E-state index is 5.39. The van der Waals surface area contributed by atoms with Crippen molar-refractivity contribution in [3.05, 3.63) is 42.0 Å². The molecule has 0 saturated heterocycles. The van der Waals surface area contributed by atoms with Gasteiger partial charge < -0.3 is 14.6 Å². The van der Waals surface area contributed by atoms with E-state index >= 15 is 0 Å². The van der Waals surface area contributed by atoms with E-state index in [1.807, 2.05) is 18.3 Å². The van der Waals surface area contributed by atoms with Gasteiger partial charge in [-0.25, -0.2) is 4.98 Å². The fraction of sp³-hybridized carbons (Fsp3) is 0.308. The highest BCUT2D eigenvalue weighted by Crippen LogP contribution is 2.35. The van der Waals surface area contributed by atoms with Crippen LogP contribution >= 0.6 is 0 Å². The summed E-state index contributed by atoms with van der Waals surface area (Å²) in [5, 5.41) is 0. The molecule has 2 aromatic rings. The van der Waals surface area contributed by atoms with Crippen molar-refractivity contribution in [1.29, 1.82) is 0 Å². The summed E-state index contributed by atoms with van der Waals surface area (Å²) >= 11 is 0. The first kappa shape index (κ1) is 10.2.